The van der Waals surface area contributed by atoms with Crippen LogP contribution in [0, 0.1) is 18.3 Å². The van der Waals surface area contributed by atoms with Crippen molar-refractivity contribution < 1.29 is 18.3 Å². The third-order valence-electron chi connectivity index (χ3n) is 2.76. The van der Waals surface area contributed by atoms with Crippen LogP contribution in [0.5, 0.6) is 0 Å². The highest BCUT2D eigenvalue weighted by atomic mass is 32.2. The molecule has 6 nitrogen and oxygen atoms in total. The first-order valence-corrected chi connectivity index (χ1v) is 7.57. The SMILES string of the molecule is Cc1ccc(S(=O)(=O)NCCCCC#N)cc1C(=O)O. The van der Waals surface area contributed by atoms with Gasteiger partial charge in [0.25, 0.3) is 0 Å². The maximum atomic E-state index is 12.0. The standard InChI is InChI=1S/C13H16N2O4S/c1-10-5-6-11(9-12(10)13(16)17)20(18,19)15-8-4-2-3-7-14/h5-6,9,15H,2-4,8H2,1H3,(H,16,17). The van der Waals surface area contributed by atoms with Gasteiger partial charge in [0.15, 0.2) is 0 Å². The van der Waals surface area contributed by atoms with Crippen molar-refractivity contribution in [1.29, 1.82) is 5.26 Å². The van der Waals surface area contributed by atoms with Crippen molar-refractivity contribution in [2.75, 3.05) is 6.54 Å². The van der Waals surface area contributed by atoms with Crippen molar-refractivity contribution in [1.82, 2.24) is 4.72 Å². The van der Waals surface area contributed by atoms with Gasteiger partial charge < -0.3 is 5.11 Å². The summed E-state index contributed by atoms with van der Waals surface area (Å²) < 4.78 is 26.4. The number of hydrogen-bond acceptors (Lipinski definition) is 4. The molecule has 0 bridgehead atoms. The molecule has 0 aliphatic heterocycles. The fraction of sp³-hybridized carbons (Fsp3) is 0.385. The summed E-state index contributed by atoms with van der Waals surface area (Å²) in [7, 11) is -3.72. The maximum absolute atomic E-state index is 12.0. The van der Waals surface area contributed by atoms with Crippen LogP contribution in [0.4, 0.5) is 0 Å². The Bertz CT molecular complexity index is 632. The summed E-state index contributed by atoms with van der Waals surface area (Å²) in [5, 5.41) is 17.4. The molecule has 108 valence electrons. The highest BCUT2D eigenvalue weighted by Crippen LogP contribution is 2.15. The van der Waals surface area contributed by atoms with Gasteiger partial charge in [0, 0.05) is 13.0 Å². The molecule has 0 atom stereocenters. The van der Waals surface area contributed by atoms with E-state index in [4.69, 9.17) is 10.4 Å². The Balaban J connectivity index is 2.80. The molecule has 1 rings (SSSR count). The van der Waals surface area contributed by atoms with E-state index in [1.54, 1.807) is 6.92 Å². The molecule has 0 saturated carbocycles. The Morgan fingerprint density at radius 1 is 1.40 bits per heavy atom. The number of hydrogen-bond donors (Lipinski definition) is 2. The number of carboxylic acid groups (broad SMARTS) is 1. The Hall–Kier alpha value is -1.91. The number of nitrogens with zero attached hydrogens (tertiary/aromatic N) is 1. The number of unbranched alkanes of at least 4 members (excludes halogenated alkanes) is 2. The number of carbonyl (C=O) groups is 1. The third-order valence-corrected chi connectivity index (χ3v) is 4.22. The summed E-state index contributed by atoms with van der Waals surface area (Å²) in [6.07, 6.45) is 1.56. The largest absolute Gasteiger partial charge is 0.478 e. The monoisotopic (exact) mass is 296 g/mol. The van der Waals surface area contributed by atoms with Crippen LogP contribution < -0.4 is 4.72 Å². The number of rotatable bonds is 7. The van der Waals surface area contributed by atoms with Crippen molar-refractivity contribution >= 4 is 16.0 Å². The number of aryl methyl sites for hydroxylation is 1. The van der Waals surface area contributed by atoms with Crippen LogP contribution in [0.25, 0.3) is 0 Å². The molecule has 1 aromatic rings. The van der Waals surface area contributed by atoms with E-state index >= 15 is 0 Å². The van der Waals surface area contributed by atoms with Crippen molar-refractivity contribution in [3.8, 4) is 6.07 Å². The van der Waals surface area contributed by atoms with E-state index < -0.39 is 16.0 Å². The molecule has 0 fully saturated rings. The molecule has 1 aromatic carbocycles. The van der Waals surface area contributed by atoms with Crippen LogP contribution in [0.1, 0.15) is 35.2 Å². The van der Waals surface area contributed by atoms with E-state index in [0.717, 1.165) is 6.07 Å². The summed E-state index contributed by atoms with van der Waals surface area (Å²) >= 11 is 0. The van der Waals surface area contributed by atoms with Crippen LogP contribution in [0.2, 0.25) is 0 Å². The van der Waals surface area contributed by atoms with Gasteiger partial charge >= 0.3 is 5.97 Å². The third kappa shape index (κ3) is 4.33. The van der Waals surface area contributed by atoms with Gasteiger partial charge in [0.1, 0.15) is 0 Å². The van der Waals surface area contributed by atoms with Crippen molar-refractivity contribution in [2.45, 2.75) is 31.1 Å². The van der Waals surface area contributed by atoms with Gasteiger partial charge in [-0.25, -0.2) is 17.9 Å². The predicted octanol–water partition coefficient (Wildman–Crippen LogP) is 1.67. The highest BCUT2D eigenvalue weighted by molar-refractivity contribution is 7.89. The Morgan fingerprint density at radius 2 is 2.10 bits per heavy atom. The average molecular weight is 296 g/mol. The minimum Gasteiger partial charge on any atom is -0.478 e. The maximum Gasteiger partial charge on any atom is 0.335 e. The summed E-state index contributed by atoms with van der Waals surface area (Å²) in [6, 6.07) is 5.97. The lowest BCUT2D eigenvalue weighted by atomic mass is 10.1. The van der Waals surface area contributed by atoms with Gasteiger partial charge in [-0.1, -0.05) is 6.07 Å². The average Bonchev–Trinajstić information content (AvgIpc) is 2.38. The molecule has 0 aromatic heterocycles. The molecule has 0 aliphatic carbocycles. The normalized spacial score (nSPS) is 11.0. The topological polar surface area (TPSA) is 107 Å². The highest BCUT2D eigenvalue weighted by Gasteiger charge is 2.17. The molecule has 0 aliphatic rings. The zero-order chi connectivity index (χ0) is 15.2. The van der Waals surface area contributed by atoms with Crippen LogP contribution in [0.15, 0.2) is 23.1 Å². The van der Waals surface area contributed by atoms with Gasteiger partial charge in [0.05, 0.1) is 16.5 Å². The zero-order valence-corrected chi connectivity index (χ0v) is 11.9. The predicted molar refractivity (Wildman–Crippen MR) is 72.8 cm³/mol. The Kier molecular flexibility index (Phi) is 5.67. The molecule has 20 heavy (non-hydrogen) atoms. The number of nitrogens with one attached hydrogen (secondary N) is 1. The number of carboxylic acids is 1. The van der Waals surface area contributed by atoms with E-state index in [0.29, 0.717) is 24.8 Å². The molecule has 0 saturated heterocycles. The fourth-order valence-electron chi connectivity index (χ4n) is 1.62. The van der Waals surface area contributed by atoms with Gasteiger partial charge in [-0.05, 0) is 37.5 Å². The van der Waals surface area contributed by atoms with Gasteiger partial charge in [-0.3, -0.25) is 0 Å². The molecule has 2 N–H and O–H groups in total. The summed E-state index contributed by atoms with van der Waals surface area (Å²) in [4.78, 5) is 10.9. The van der Waals surface area contributed by atoms with Crippen LogP contribution >= 0.6 is 0 Å². The quantitative estimate of drug-likeness (QED) is 0.744. The number of aromatic carboxylic acids is 1. The Labute approximate surface area is 118 Å². The van der Waals surface area contributed by atoms with Gasteiger partial charge in [-0.15, -0.1) is 0 Å². The summed E-state index contributed by atoms with van der Waals surface area (Å²) in [5.41, 5.74) is 0.475. The molecule has 0 spiro atoms. The van der Waals surface area contributed by atoms with Crippen LogP contribution in [0.3, 0.4) is 0 Å². The molecule has 0 heterocycles. The van der Waals surface area contributed by atoms with Crippen LogP contribution in [-0.4, -0.2) is 26.0 Å². The number of nitriles is 1. The smallest absolute Gasteiger partial charge is 0.335 e. The van der Waals surface area contributed by atoms with E-state index in [-0.39, 0.29) is 17.0 Å². The van der Waals surface area contributed by atoms with E-state index in [9.17, 15) is 13.2 Å². The second-order valence-corrected chi connectivity index (χ2v) is 6.06. The first-order chi connectivity index (χ1) is 9.38. The summed E-state index contributed by atoms with van der Waals surface area (Å²) in [5.74, 6) is -1.16. The first kappa shape index (κ1) is 16.1. The molecule has 0 amide bonds. The van der Waals surface area contributed by atoms with Crippen molar-refractivity contribution in [3.05, 3.63) is 29.3 Å². The molecule has 0 unspecified atom stereocenters. The van der Waals surface area contributed by atoms with E-state index in [1.165, 1.54) is 12.1 Å². The van der Waals surface area contributed by atoms with Crippen molar-refractivity contribution in [2.24, 2.45) is 0 Å². The lowest BCUT2D eigenvalue weighted by Gasteiger charge is -2.08. The molecule has 7 heteroatoms. The second-order valence-electron chi connectivity index (χ2n) is 4.29. The molecular formula is C13H16N2O4S. The Morgan fingerprint density at radius 3 is 2.70 bits per heavy atom. The molecule has 0 radical (unpaired) electrons. The summed E-state index contributed by atoms with van der Waals surface area (Å²) in [6.45, 7) is 1.83. The lowest BCUT2D eigenvalue weighted by molar-refractivity contribution is 0.0696. The minimum atomic E-state index is -3.72. The van der Waals surface area contributed by atoms with Gasteiger partial charge in [0.2, 0.25) is 10.0 Å². The van der Waals surface area contributed by atoms with Crippen LogP contribution in [-0.2, 0) is 10.0 Å². The number of benzene rings is 1. The lowest BCUT2D eigenvalue weighted by Crippen LogP contribution is -2.25. The zero-order valence-electron chi connectivity index (χ0n) is 11.1. The first-order valence-electron chi connectivity index (χ1n) is 6.09. The van der Waals surface area contributed by atoms with E-state index in [2.05, 4.69) is 4.72 Å². The van der Waals surface area contributed by atoms with Crippen molar-refractivity contribution in [3.63, 3.8) is 0 Å². The number of sulfonamides is 1. The second kappa shape index (κ2) is 7.03. The van der Waals surface area contributed by atoms with E-state index in [1.807, 2.05) is 6.07 Å². The van der Waals surface area contributed by atoms with Gasteiger partial charge in [-0.2, -0.15) is 5.26 Å². The molecular weight excluding hydrogens is 280 g/mol. The fourth-order valence-corrected chi connectivity index (χ4v) is 2.72. The minimum absolute atomic E-state index is 0.0302.